The number of carbonyl (C=O) groups is 1. The largest absolute Gasteiger partial charge is 0.466 e. The Morgan fingerprint density at radius 2 is 1.85 bits per heavy atom. The molecule has 0 radical (unpaired) electrons. The van der Waals surface area contributed by atoms with Crippen molar-refractivity contribution < 1.29 is 9.53 Å². The molecule has 0 N–H and O–H groups in total. The van der Waals surface area contributed by atoms with Gasteiger partial charge in [0.15, 0.2) is 0 Å². The number of hydrogen-bond acceptors (Lipinski definition) is 6. The molecule has 0 saturated heterocycles. The van der Waals surface area contributed by atoms with Crippen molar-refractivity contribution in [2.75, 3.05) is 12.9 Å². The minimum absolute atomic E-state index is 0.205. The van der Waals surface area contributed by atoms with Crippen LogP contribution in [0.5, 0.6) is 0 Å². The lowest BCUT2D eigenvalue weighted by atomic mass is 9.98. The lowest BCUT2D eigenvalue weighted by Gasteiger charge is -2.10. The minimum Gasteiger partial charge on any atom is -0.466 e. The summed E-state index contributed by atoms with van der Waals surface area (Å²) in [6.07, 6.45) is 11.9. The van der Waals surface area contributed by atoms with Crippen molar-refractivity contribution in [3.63, 3.8) is 0 Å². The number of aryl methyl sites for hydroxylation is 2. The van der Waals surface area contributed by atoms with E-state index in [0.717, 1.165) is 47.7 Å². The fourth-order valence-corrected chi connectivity index (χ4v) is 2.89. The smallest absolute Gasteiger partial charge is 0.310 e. The van der Waals surface area contributed by atoms with Crippen molar-refractivity contribution in [1.29, 1.82) is 0 Å². The van der Waals surface area contributed by atoms with Crippen molar-refractivity contribution in [3.8, 4) is 0 Å². The van der Waals surface area contributed by atoms with Crippen LogP contribution in [0, 0.1) is 5.92 Å². The van der Waals surface area contributed by atoms with E-state index in [0.29, 0.717) is 12.5 Å². The molecule has 0 aliphatic rings. The molecule has 0 amide bonds. The SMILES string of the molecule is CCOC(=O)Cc1ccc(CCC(C)CCc2ncc(SC)cn2)nc1. The van der Waals surface area contributed by atoms with Crippen LogP contribution in [0.1, 0.15) is 43.8 Å². The highest BCUT2D eigenvalue weighted by atomic mass is 32.2. The summed E-state index contributed by atoms with van der Waals surface area (Å²) in [4.78, 5) is 25.8. The summed E-state index contributed by atoms with van der Waals surface area (Å²) in [6, 6.07) is 3.97. The van der Waals surface area contributed by atoms with Gasteiger partial charge in [-0.1, -0.05) is 13.0 Å². The van der Waals surface area contributed by atoms with Crippen LogP contribution < -0.4 is 0 Å². The number of aromatic nitrogens is 3. The first kappa shape index (κ1) is 20.4. The zero-order valence-corrected chi connectivity index (χ0v) is 16.6. The molecule has 2 aromatic heterocycles. The predicted octanol–water partition coefficient (Wildman–Crippen LogP) is 3.90. The quantitative estimate of drug-likeness (QED) is 0.465. The van der Waals surface area contributed by atoms with Crippen LogP contribution in [-0.4, -0.2) is 33.8 Å². The third kappa shape index (κ3) is 7.12. The molecule has 0 saturated carbocycles. The van der Waals surface area contributed by atoms with Crippen LogP contribution in [0.2, 0.25) is 0 Å². The third-order valence-electron chi connectivity index (χ3n) is 4.21. The van der Waals surface area contributed by atoms with Gasteiger partial charge in [0.25, 0.3) is 0 Å². The second kappa shape index (κ2) is 10.9. The van der Waals surface area contributed by atoms with Gasteiger partial charge in [-0.2, -0.15) is 0 Å². The Balaban J connectivity index is 1.72. The molecule has 140 valence electrons. The first-order valence-electron chi connectivity index (χ1n) is 9.05. The van der Waals surface area contributed by atoms with Gasteiger partial charge >= 0.3 is 5.97 Å². The van der Waals surface area contributed by atoms with Gasteiger partial charge in [-0.05, 0) is 50.0 Å². The van der Waals surface area contributed by atoms with E-state index < -0.39 is 0 Å². The highest BCUT2D eigenvalue weighted by Crippen LogP contribution is 2.16. The van der Waals surface area contributed by atoms with Gasteiger partial charge in [0.05, 0.1) is 13.0 Å². The predicted molar refractivity (Wildman–Crippen MR) is 104 cm³/mol. The number of rotatable bonds is 10. The summed E-state index contributed by atoms with van der Waals surface area (Å²) in [5.74, 6) is 1.29. The van der Waals surface area contributed by atoms with Crippen molar-refractivity contribution in [2.24, 2.45) is 5.92 Å². The number of esters is 1. The molecule has 2 heterocycles. The molecule has 1 atom stereocenters. The van der Waals surface area contributed by atoms with Gasteiger partial charge < -0.3 is 4.74 Å². The fourth-order valence-electron chi connectivity index (χ4n) is 2.58. The maximum Gasteiger partial charge on any atom is 0.310 e. The molecule has 1 unspecified atom stereocenters. The van der Waals surface area contributed by atoms with Gasteiger partial charge in [0, 0.05) is 35.6 Å². The monoisotopic (exact) mass is 373 g/mol. The van der Waals surface area contributed by atoms with Crippen LogP contribution >= 0.6 is 11.8 Å². The molecule has 6 heteroatoms. The van der Waals surface area contributed by atoms with Crippen LogP contribution in [0.3, 0.4) is 0 Å². The second-order valence-electron chi connectivity index (χ2n) is 6.36. The molecule has 2 aromatic rings. The Labute approximate surface area is 160 Å². The van der Waals surface area contributed by atoms with Crippen molar-refractivity contribution >= 4 is 17.7 Å². The zero-order chi connectivity index (χ0) is 18.8. The molecular weight excluding hydrogens is 346 g/mol. The van der Waals surface area contributed by atoms with E-state index in [1.807, 2.05) is 37.7 Å². The number of ether oxygens (including phenoxy) is 1. The van der Waals surface area contributed by atoms with Gasteiger partial charge in [0.1, 0.15) is 5.82 Å². The van der Waals surface area contributed by atoms with E-state index in [1.54, 1.807) is 18.0 Å². The summed E-state index contributed by atoms with van der Waals surface area (Å²) in [5.41, 5.74) is 1.95. The van der Waals surface area contributed by atoms with Crippen LogP contribution in [0.25, 0.3) is 0 Å². The average molecular weight is 374 g/mol. The van der Waals surface area contributed by atoms with Crippen molar-refractivity contribution in [1.82, 2.24) is 15.0 Å². The summed E-state index contributed by atoms with van der Waals surface area (Å²) in [6.45, 7) is 4.48. The van der Waals surface area contributed by atoms with Crippen molar-refractivity contribution in [3.05, 3.63) is 47.8 Å². The van der Waals surface area contributed by atoms with Crippen LogP contribution in [-0.2, 0) is 28.8 Å². The highest BCUT2D eigenvalue weighted by Gasteiger charge is 2.08. The number of hydrogen-bond donors (Lipinski definition) is 0. The molecular formula is C20H27N3O2S. The Kier molecular flexibility index (Phi) is 8.54. The lowest BCUT2D eigenvalue weighted by molar-refractivity contribution is -0.142. The average Bonchev–Trinajstić information content (AvgIpc) is 2.66. The molecule has 0 fully saturated rings. The maximum atomic E-state index is 11.5. The first-order valence-corrected chi connectivity index (χ1v) is 10.3. The molecule has 5 nitrogen and oxygen atoms in total. The molecule has 0 aromatic carbocycles. The molecule has 0 aliphatic carbocycles. The Morgan fingerprint density at radius 1 is 1.12 bits per heavy atom. The van der Waals surface area contributed by atoms with E-state index in [4.69, 9.17) is 4.74 Å². The number of pyridine rings is 1. The molecule has 26 heavy (non-hydrogen) atoms. The second-order valence-corrected chi connectivity index (χ2v) is 7.24. The maximum absolute atomic E-state index is 11.5. The summed E-state index contributed by atoms with van der Waals surface area (Å²) < 4.78 is 4.95. The van der Waals surface area contributed by atoms with Crippen LogP contribution in [0.4, 0.5) is 0 Å². The minimum atomic E-state index is -0.205. The van der Waals surface area contributed by atoms with Gasteiger partial charge in [-0.15, -0.1) is 11.8 Å². The number of thioether (sulfide) groups is 1. The molecule has 2 rings (SSSR count). The molecule has 0 aliphatic heterocycles. The topological polar surface area (TPSA) is 65.0 Å². The summed E-state index contributed by atoms with van der Waals surface area (Å²) in [7, 11) is 0. The summed E-state index contributed by atoms with van der Waals surface area (Å²) in [5, 5.41) is 0. The zero-order valence-electron chi connectivity index (χ0n) is 15.8. The Morgan fingerprint density at radius 3 is 2.46 bits per heavy atom. The Hall–Kier alpha value is -1.95. The summed E-state index contributed by atoms with van der Waals surface area (Å²) >= 11 is 1.66. The van der Waals surface area contributed by atoms with E-state index >= 15 is 0 Å². The highest BCUT2D eigenvalue weighted by molar-refractivity contribution is 7.98. The number of carbonyl (C=O) groups excluding carboxylic acids is 1. The van der Waals surface area contributed by atoms with Crippen LogP contribution in [0.15, 0.2) is 35.6 Å². The fraction of sp³-hybridized carbons (Fsp3) is 0.500. The standard InChI is InChI=1S/C20H27N3O2S/c1-4-25-20(24)11-16-7-9-17(21-12-16)8-5-15(2)6-10-19-22-13-18(26-3)14-23-19/h7,9,12-15H,4-6,8,10-11H2,1-3H3. The van der Waals surface area contributed by atoms with Gasteiger partial charge in [0.2, 0.25) is 0 Å². The van der Waals surface area contributed by atoms with E-state index in [9.17, 15) is 4.79 Å². The van der Waals surface area contributed by atoms with Crippen molar-refractivity contribution in [2.45, 2.75) is 50.8 Å². The Bertz CT molecular complexity index is 674. The number of nitrogens with zero attached hydrogens (tertiary/aromatic N) is 3. The van der Waals surface area contributed by atoms with E-state index in [2.05, 4.69) is 21.9 Å². The van der Waals surface area contributed by atoms with Gasteiger partial charge in [-0.25, -0.2) is 9.97 Å². The van der Waals surface area contributed by atoms with Gasteiger partial charge in [-0.3, -0.25) is 9.78 Å². The normalized spacial score (nSPS) is 12.0. The van der Waals surface area contributed by atoms with E-state index in [-0.39, 0.29) is 12.4 Å². The molecule has 0 spiro atoms. The molecule has 0 bridgehead atoms. The first-order chi connectivity index (χ1) is 12.6. The van der Waals surface area contributed by atoms with E-state index in [1.165, 1.54) is 0 Å². The lowest BCUT2D eigenvalue weighted by Crippen LogP contribution is -2.08. The third-order valence-corrected chi connectivity index (χ3v) is 4.89.